The van der Waals surface area contributed by atoms with Crippen LogP contribution in [0.2, 0.25) is 0 Å². The lowest BCUT2D eigenvalue weighted by atomic mass is 10.0. The van der Waals surface area contributed by atoms with Gasteiger partial charge in [0.2, 0.25) is 0 Å². The maximum atomic E-state index is 5.64. The normalized spacial score (nSPS) is 21.2. The molecule has 0 atom stereocenters. The summed E-state index contributed by atoms with van der Waals surface area (Å²) in [5, 5.41) is 0. The molecule has 2 fully saturated rings. The molecule has 17 heavy (non-hydrogen) atoms. The van der Waals surface area contributed by atoms with E-state index in [0.29, 0.717) is 0 Å². The largest absolute Gasteiger partial charge is 0.381 e. The van der Waals surface area contributed by atoms with E-state index in [1.54, 1.807) is 0 Å². The minimum atomic E-state index is 0.847. The van der Waals surface area contributed by atoms with Gasteiger partial charge in [-0.25, -0.2) is 0 Å². The van der Waals surface area contributed by atoms with Gasteiger partial charge in [0, 0.05) is 25.0 Å². The van der Waals surface area contributed by atoms with Gasteiger partial charge in [0.05, 0.1) is 26.4 Å². The van der Waals surface area contributed by atoms with Gasteiger partial charge in [0.1, 0.15) is 0 Å². The van der Waals surface area contributed by atoms with E-state index in [1.165, 1.54) is 38.5 Å². The Bertz CT molecular complexity index is 168. The zero-order valence-corrected chi connectivity index (χ0v) is 10.9. The van der Waals surface area contributed by atoms with Crippen molar-refractivity contribution in [2.24, 2.45) is 11.8 Å². The Morgan fingerprint density at radius 3 is 1.53 bits per heavy atom. The number of ether oxygens (including phenoxy) is 3. The summed E-state index contributed by atoms with van der Waals surface area (Å²) in [4.78, 5) is 0. The number of hydrogen-bond donors (Lipinski definition) is 0. The second kappa shape index (κ2) is 8.06. The van der Waals surface area contributed by atoms with Crippen LogP contribution < -0.4 is 0 Å². The van der Waals surface area contributed by atoms with Gasteiger partial charge in [-0.15, -0.1) is 0 Å². The van der Waals surface area contributed by atoms with Crippen molar-refractivity contribution < 1.29 is 14.2 Å². The average Bonchev–Trinajstić information content (AvgIpc) is 2.21. The lowest BCUT2D eigenvalue weighted by Crippen LogP contribution is -2.27. The summed E-state index contributed by atoms with van der Waals surface area (Å²) in [7, 11) is 0. The molecule has 0 aromatic rings. The third kappa shape index (κ3) is 5.36. The molecule has 0 aromatic carbocycles. The van der Waals surface area contributed by atoms with Gasteiger partial charge in [0.25, 0.3) is 0 Å². The highest BCUT2D eigenvalue weighted by molar-refractivity contribution is 4.65. The van der Waals surface area contributed by atoms with Crippen LogP contribution in [0.1, 0.15) is 38.5 Å². The molecule has 0 bridgehead atoms. The van der Waals surface area contributed by atoms with Gasteiger partial charge >= 0.3 is 0 Å². The van der Waals surface area contributed by atoms with Crippen molar-refractivity contribution in [3.05, 3.63) is 0 Å². The van der Waals surface area contributed by atoms with Gasteiger partial charge in [-0.3, -0.25) is 0 Å². The summed E-state index contributed by atoms with van der Waals surface area (Å²) >= 11 is 0. The quantitative estimate of drug-likeness (QED) is 0.551. The molecule has 0 amide bonds. The number of unbranched alkanes of at least 4 members (excludes halogenated alkanes) is 2. The van der Waals surface area contributed by atoms with Crippen molar-refractivity contribution in [1.29, 1.82) is 0 Å². The Hall–Kier alpha value is -0.120. The Balaban J connectivity index is 1.25. The van der Waals surface area contributed by atoms with Crippen LogP contribution in [-0.2, 0) is 14.2 Å². The fourth-order valence-electron chi connectivity index (χ4n) is 2.28. The first-order valence-corrected chi connectivity index (χ1v) is 7.18. The van der Waals surface area contributed by atoms with Gasteiger partial charge in [0.15, 0.2) is 0 Å². The van der Waals surface area contributed by atoms with E-state index in [0.717, 1.165) is 51.5 Å². The summed E-state index contributed by atoms with van der Waals surface area (Å²) in [6, 6.07) is 0. The van der Waals surface area contributed by atoms with Crippen molar-refractivity contribution in [2.75, 3.05) is 39.6 Å². The summed E-state index contributed by atoms with van der Waals surface area (Å²) in [6.07, 6.45) is 7.68. The van der Waals surface area contributed by atoms with E-state index in [-0.39, 0.29) is 0 Å². The first-order chi connectivity index (χ1) is 8.45. The molecule has 2 heterocycles. The first kappa shape index (κ1) is 13.3. The van der Waals surface area contributed by atoms with Crippen LogP contribution >= 0.6 is 0 Å². The third-order valence-corrected chi connectivity index (χ3v) is 3.72. The molecule has 3 nitrogen and oxygen atoms in total. The fourth-order valence-corrected chi connectivity index (χ4v) is 2.28. The topological polar surface area (TPSA) is 27.7 Å². The second-order valence-corrected chi connectivity index (χ2v) is 5.41. The minimum Gasteiger partial charge on any atom is -0.381 e. The van der Waals surface area contributed by atoms with E-state index in [2.05, 4.69) is 0 Å². The van der Waals surface area contributed by atoms with E-state index in [4.69, 9.17) is 14.2 Å². The Morgan fingerprint density at radius 2 is 1.18 bits per heavy atom. The van der Waals surface area contributed by atoms with Crippen molar-refractivity contribution >= 4 is 0 Å². The highest BCUT2D eigenvalue weighted by Gasteiger charge is 2.17. The smallest absolute Gasteiger partial charge is 0.0516 e. The van der Waals surface area contributed by atoms with E-state index in [9.17, 15) is 0 Å². The second-order valence-electron chi connectivity index (χ2n) is 5.41. The van der Waals surface area contributed by atoms with Crippen LogP contribution in [-0.4, -0.2) is 39.6 Å². The van der Waals surface area contributed by atoms with Crippen LogP contribution in [0.4, 0.5) is 0 Å². The van der Waals surface area contributed by atoms with E-state index < -0.39 is 0 Å². The van der Waals surface area contributed by atoms with Crippen molar-refractivity contribution in [3.63, 3.8) is 0 Å². The fraction of sp³-hybridized carbons (Fsp3) is 1.00. The maximum Gasteiger partial charge on any atom is 0.0516 e. The van der Waals surface area contributed by atoms with Crippen molar-refractivity contribution in [3.8, 4) is 0 Å². The van der Waals surface area contributed by atoms with Gasteiger partial charge in [-0.1, -0.05) is 12.8 Å². The molecule has 0 aliphatic carbocycles. The highest BCUT2D eigenvalue weighted by Crippen LogP contribution is 2.18. The number of rotatable bonds is 10. The SMILES string of the molecule is C(CCC1COC1)COCCCCC1COC1. The van der Waals surface area contributed by atoms with Crippen molar-refractivity contribution in [1.82, 2.24) is 0 Å². The molecule has 2 saturated heterocycles. The molecule has 0 N–H and O–H groups in total. The maximum absolute atomic E-state index is 5.64. The van der Waals surface area contributed by atoms with Crippen molar-refractivity contribution in [2.45, 2.75) is 38.5 Å². The Labute approximate surface area is 105 Å². The molecule has 2 aliphatic rings. The summed E-state index contributed by atoms with van der Waals surface area (Å²) in [5.74, 6) is 1.69. The molecular weight excluding hydrogens is 216 g/mol. The average molecular weight is 242 g/mol. The summed E-state index contributed by atoms with van der Waals surface area (Å²) < 4.78 is 15.9. The van der Waals surface area contributed by atoms with Crippen LogP contribution in [0, 0.1) is 11.8 Å². The molecule has 0 radical (unpaired) electrons. The molecule has 0 spiro atoms. The molecule has 0 aromatic heterocycles. The molecule has 0 saturated carbocycles. The van der Waals surface area contributed by atoms with Crippen LogP contribution in [0.25, 0.3) is 0 Å². The zero-order valence-electron chi connectivity index (χ0n) is 10.9. The van der Waals surface area contributed by atoms with Gasteiger partial charge in [-0.05, 0) is 25.7 Å². The molecule has 2 aliphatic heterocycles. The van der Waals surface area contributed by atoms with Gasteiger partial charge in [-0.2, -0.15) is 0 Å². The van der Waals surface area contributed by atoms with Crippen LogP contribution in [0.5, 0.6) is 0 Å². The third-order valence-electron chi connectivity index (χ3n) is 3.72. The molecule has 100 valence electrons. The van der Waals surface area contributed by atoms with Gasteiger partial charge < -0.3 is 14.2 Å². The Morgan fingerprint density at radius 1 is 0.706 bits per heavy atom. The molecule has 0 unspecified atom stereocenters. The lowest BCUT2D eigenvalue weighted by molar-refractivity contribution is -0.0379. The Kier molecular flexibility index (Phi) is 6.32. The monoisotopic (exact) mass is 242 g/mol. The van der Waals surface area contributed by atoms with E-state index in [1.807, 2.05) is 0 Å². The predicted molar refractivity (Wildman–Crippen MR) is 67.1 cm³/mol. The highest BCUT2D eigenvalue weighted by atomic mass is 16.5. The molecule has 2 rings (SSSR count). The zero-order chi connectivity index (χ0) is 11.8. The van der Waals surface area contributed by atoms with E-state index >= 15 is 0 Å². The van der Waals surface area contributed by atoms with Crippen LogP contribution in [0.3, 0.4) is 0 Å². The molecular formula is C14H26O3. The first-order valence-electron chi connectivity index (χ1n) is 7.18. The summed E-state index contributed by atoms with van der Waals surface area (Å²) in [5.41, 5.74) is 0. The minimum absolute atomic E-state index is 0.847. The predicted octanol–water partition coefficient (Wildman–Crippen LogP) is 2.64. The lowest BCUT2D eigenvalue weighted by Gasteiger charge is -2.25. The van der Waals surface area contributed by atoms with Crippen LogP contribution in [0.15, 0.2) is 0 Å². The standard InChI is InChI=1S/C14H26O3/c1(5-13-9-16-10-13)3-7-15-8-4-2-6-14-11-17-12-14/h13-14H,1-12H2. The molecule has 3 heteroatoms. The summed E-state index contributed by atoms with van der Waals surface area (Å²) in [6.45, 7) is 5.86. The number of hydrogen-bond acceptors (Lipinski definition) is 3.